The van der Waals surface area contributed by atoms with Gasteiger partial charge in [0.15, 0.2) is 0 Å². The molecule has 4 rings (SSSR count). The van der Waals surface area contributed by atoms with Crippen molar-refractivity contribution in [3.05, 3.63) is 24.3 Å². The van der Waals surface area contributed by atoms with Crippen LogP contribution in [0.1, 0.15) is 44.9 Å². The van der Waals surface area contributed by atoms with Crippen molar-refractivity contribution in [1.82, 2.24) is 9.97 Å². The Balaban J connectivity index is 1.76. The molecule has 3 heterocycles. The van der Waals surface area contributed by atoms with Gasteiger partial charge in [0, 0.05) is 31.6 Å². The van der Waals surface area contributed by atoms with Gasteiger partial charge >= 0.3 is 0 Å². The van der Waals surface area contributed by atoms with Crippen LogP contribution in [0.3, 0.4) is 0 Å². The molecule has 0 N–H and O–H groups in total. The van der Waals surface area contributed by atoms with Gasteiger partial charge in [0.2, 0.25) is 5.95 Å². The quantitative estimate of drug-likeness (QED) is 0.839. The van der Waals surface area contributed by atoms with Crippen LogP contribution in [0.15, 0.2) is 24.3 Å². The lowest BCUT2D eigenvalue weighted by atomic mass is 10.1. The minimum absolute atomic E-state index is 0.936. The van der Waals surface area contributed by atoms with E-state index in [-0.39, 0.29) is 0 Å². The Hall–Kier alpha value is -1.84. The van der Waals surface area contributed by atoms with Gasteiger partial charge in [0.05, 0.1) is 5.52 Å². The van der Waals surface area contributed by atoms with E-state index < -0.39 is 0 Å². The molecule has 0 bridgehead atoms. The lowest BCUT2D eigenvalue weighted by Crippen LogP contribution is -2.32. The number of fused-ring (bicyclic) bond motifs is 1. The highest BCUT2D eigenvalue weighted by molar-refractivity contribution is 5.90. The highest BCUT2D eigenvalue weighted by atomic mass is 15.3. The van der Waals surface area contributed by atoms with Crippen LogP contribution in [0.4, 0.5) is 11.8 Å². The maximum absolute atomic E-state index is 5.03. The second-order valence-corrected chi connectivity index (χ2v) is 6.81. The molecule has 2 aliphatic rings. The first-order valence-electron chi connectivity index (χ1n) is 9.18. The topological polar surface area (TPSA) is 32.3 Å². The Kier molecular flexibility index (Phi) is 4.31. The molecule has 2 aromatic rings. The largest absolute Gasteiger partial charge is 0.356 e. The van der Waals surface area contributed by atoms with Gasteiger partial charge in [-0.15, -0.1) is 0 Å². The van der Waals surface area contributed by atoms with Crippen LogP contribution in [-0.2, 0) is 0 Å². The van der Waals surface area contributed by atoms with Gasteiger partial charge < -0.3 is 9.80 Å². The normalized spacial score (nSPS) is 19.8. The summed E-state index contributed by atoms with van der Waals surface area (Å²) in [6.45, 7) is 4.44. The molecule has 2 saturated heterocycles. The fourth-order valence-electron chi connectivity index (χ4n) is 3.81. The minimum atomic E-state index is 0.936. The van der Waals surface area contributed by atoms with Gasteiger partial charge in [0.25, 0.3) is 0 Å². The zero-order valence-electron chi connectivity index (χ0n) is 13.9. The molecule has 2 aliphatic heterocycles. The van der Waals surface area contributed by atoms with Crippen LogP contribution < -0.4 is 9.80 Å². The fraction of sp³-hybridized carbons (Fsp3) is 0.579. The van der Waals surface area contributed by atoms with Crippen LogP contribution in [0, 0.1) is 0 Å². The second kappa shape index (κ2) is 6.73. The second-order valence-electron chi connectivity index (χ2n) is 6.81. The molecule has 0 radical (unpaired) electrons. The number of para-hydroxylation sites is 1. The maximum Gasteiger partial charge on any atom is 0.227 e. The van der Waals surface area contributed by atoms with Crippen LogP contribution in [0.25, 0.3) is 10.9 Å². The number of hydrogen-bond donors (Lipinski definition) is 0. The number of benzene rings is 1. The van der Waals surface area contributed by atoms with Gasteiger partial charge in [-0.05, 0) is 44.2 Å². The molecule has 4 heteroatoms. The van der Waals surface area contributed by atoms with Crippen molar-refractivity contribution in [3.63, 3.8) is 0 Å². The third kappa shape index (κ3) is 3.12. The number of piperidine rings is 1. The number of rotatable bonds is 2. The average molecular weight is 310 g/mol. The lowest BCUT2D eigenvalue weighted by molar-refractivity contribution is 0.574. The Morgan fingerprint density at radius 1 is 0.652 bits per heavy atom. The van der Waals surface area contributed by atoms with E-state index in [0.717, 1.165) is 43.5 Å². The van der Waals surface area contributed by atoms with E-state index in [4.69, 9.17) is 9.97 Å². The van der Waals surface area contributed by atoms with E-state index in [9.17, 15) is 0 Å². The van der Waals surface area contributed by atoms with Crippen LogP contribution >= 0.6 is 0 Å². The lowest BCUT2D eigenvalue weighted by Gasteiger charge is -2.30. The fourth-order valence-corrected chi connectivity index (χ4v) is 3.81. The van der Waals surface area contributed by atoms with Crippen molar-refractivity contribution in [1.29, 1.82) is 0 Å². The Morgan fingerprint density at radius 2 is 1.26 bits per heavy atom. The highest BCUT2D eigenvalue weighted by Gasteiger charge is 2.19. The summed E-state index contributed by atoms with van der Waals surface area (Å²) in [5.74, 6) is 2.08. The number of nitrogens with zero attached hydrogens (tertiary/aromatic N) is 4. The van der Waals surface area contributed by atoms with E-state index in [1.807, 2.05) is 0 Å². The van der Waals surface area contributed by atoms with E-state index >= 15 is 0 Å². The molecule has 0 spiro atoms. The Labute approximate surface area is 138 Å². The average Bonchev–Trinajstić information content (AvgIpc) is 2.91. The summed E-state index contributed by atoms with van der Waals surface area (Å²) in [6, 6.07) is 8.49. The summed E-state index contributed by atoms with van der Waals surface area (Å²) in [4.78, 5) is 14.8. The zero-order valence-corrected chi connectivity index (χ0v) is 13.9. The first-order chi connectivity index (χ1) is 11.4. The first-order valence-corrected chi connectivity index (χ1v) is 9.18. The molecule has 0 atom stereocenters. The van der Waals surface area contributed by atoms with Crippen molar-refractivity contribution in [2.45, 2.75) is 44.9 Å². The standard InChI is InChI=1S/C19H26N4/c1-2-7-15-23(14-6-1)19-20-17-11-5-4-10-16(17)18(21-19)22-12-8-3-9-13-22/h4-5,10-11H,1-3,6-9,12-15H2. The number of anilines is 2. The van der Waals surface area contributed by atoms with Crippen molar-refractivity contribution >= 4 is 22.7 Å². The molecule has 2 fully saturated rings. The monoisotopic (exact) mass is 310 g/mol. The van der Waals surface area contributed by atoms with Crippen molar-refractivity contribution in [2.75, 3.05) is 36.0 Å². The number of aromatic nitrogens is 2. The van der Waals surface area contributed by atoms with Crippen LogP contribution in [0.2, 0.25) is 0 Å². The highest BCUT2D eigenvalue weighted by Crippen LogP contribution is 2.29. The van der Waals surface area contributed by atoms with Gasteiger partial charge in [0.1, 0.15) is 5.82 Å². The molecule has 1 aromatic carbocycles. The maximum atomic E-state index is 5.03. The minimum Gasteiger partial charge on any atom is -0.356 e. The Bertz CT molecular complexity index is 655. The van der Waals surface area contributed by atoms with Gasteiger partial charge in [-0.3, -0.25) is 0 Å². The molecule has 0 unspecified atom stereocenters. The van der Waals surface area contributed by atoms with E-state index in [1.165, 1.54) is 50.3 Å². The van der Waals surface area contributed by atoms with E-state index in [0.29, 0.717) is 0 Å². The molecule has 23 heavy (non-hydrogen) atoms. The molecule has 0 amide bonds. The van der Waals surface area contributed by atoms with E-state index in [1.54, 1.807) is 0 Å². The van der Waals surface area contributed by atoms with Crippen molar-refractivity contribution < 1.29 is 0 Å². The summed E-state index contributed by atoms with van der Waals surface area (Å²) >= 11 is 0. The summed E-state index contributed by atoms with van der Waals surface area (Å²) < 4.78 is 0. The number of hydrogen-bond acceptors (Lipinski definition) is 4. The summed E-state index contributed by atoms with van der Waals surface area (Å²) in [5, 5.41) is 1.20. The molecule has 0 aliphatic carbocycles. The van der Waals surface area contributed by atoms with Crippen molar-refractivity contribution in [2.24, 2.45) is 0 Å². The summed E-state index contributed by atoms with van der Waals surface area (Å²) in [7, 11) is 0. The SMILES string of the molecule is c1ccc2c(N3CCCCC3)nc(N3CCCCCC3)nc2c1. The van der Waals surface area contributed by atoms with E-state index in [2.05, 4.69) is 34.1 Å². The van der Waals surface area contributed by atoms with Crippen molar-refractivity contribution in [3.8, 4) is 0 Å². The third-order valence-corrected chi connectivity index (χ3v) is 5.12. The molecule has 0 saturated carbocycles. The van der Waals surface area contributed by atoms with Gasteiger partial charge in [-0.1, -0.05) is 25.0 Å². The summed E-state index contributed by atoms with van der Waals surface area (Å²) in [5.41, 5.74) is 1.09. The first kappa shape index (κ1) is 14.7. The molecule has 4 nitrogen and oxygen atoms in total. The van der Waals surface area contributed by atoms with Crippen LogP contribution in [0.5, 0.6) is 0 Å². The Morgan fingerprint density at radius 3 is 2.00 bits per heavy atom. The zero-order chi connectivity index (χ0) is 15.5. The predicted octanol–water partition coefficient (Wildman–Crippen LogP) is 4.00. The molecular formula is C19H26N4. The molecular weight excluding hydrogens is 284 g/mol. The van der Waals surface area contributed by atoms with Crippen LogP contribution in [-0.4, -0.2) is 36.1 Å². The predicted molar refractivity (Wildman–Crippen MR) is 96.3 cm³/mol. The third-order valence-electron chi connectivity index (χ3n) is 5.12. The van der Waals surface area contributed by atoms with Gasteiger partial charge in [-0.25, -0.2) is 4.98 Å². The molecule has 1 aromatic heterocycles. The summed E-state index contributed by atoms with van der Waals surface area (Å²) in [6.07, 6.45) is 9.09. The van der Waals surface area contributed by atoms with Gasteiger partial charge in [-0.2, -0.15) is 4.98 Å². The smallest absolute Gasteiger partial charge is 0.227 e. The molecule has 122 valence electrons.